The summed E-state index contributed by atoms with van der Waals surface area (Å²) in [7, 11) is 0. The van der Waals surface area contributed by atoms with Gasteiger partial charge in [-0.25, -0.2) is 0 Å². The van der Waals surface area contributed by atoms with Gasteiger partial charge in [-0.3, -0.25) is 4.79 Å². The van der Waals surface area contributed by atoms with Crippen LogP contribution in [0.3, 0.4) is 0 Å². The standard InChI is InChI=1S/C17H28N2O2.C7H7N3S/c1-3-5-6-7-13-19(14-12-17(20)21-4-2)16-10-8-15(18)9-11-16;8-4-1-2-6-5(3-4)7(9)11-10-6/h8-11H,3-7,12-14,18H2,1-2H3;1-3H,8-9H2. The van der Waals surface area contributed by atoms with E-state index in [4.69, 9.17) is 21.9 Å². The van der Waals surface area contributed by atoms with Gasteiger partial charge in [0, 0.05) is 35.5 Å². The van der Waals surface area contributed by atoms with Crippen LogP contribution in [0.2, 0.25) is 0 Å². The molecule has 3 aromatic rings. The molecule has 174 valence electrons. The SMILES string of the molecule is CCCCCCN(CCC(=O)OCC)c1ccc(N)cc1.Nc1ccc2nsc(N)c2c1. The molecule has 0 unspecified atom stereocenters. The van der Waals surface area contributed by atoms with Gasteiger partial charge in [0.1, 0.15) is 5.00 Å². The number of carbonyl (C=O) groups excluding carboxylic acids is 1. The number of anilines is 4. The zero-order valence-corrected chi connectivity index (χ0v) is 19.9. The molecule has 0 fully saturated rings. The number of nitrogens with zero attached hydrogens (tertiary/aromatic N) is 2. The fraction of sp³-hybridized carbons (Fsp3) is 0.417. The Morgan fingerprint density at radius 2 is 1.69 bits per heavy atom. The normalized spacial score (nSPS) is 10.4. The molecule has 0 radical (unpaired) electrons. The second-order valence-corrected chi connectivity index (χ2v) is 8.32. The predicted molar refractivity (Wildman–Crippen MR) is 137 cm³/mol. The van der Waals surface area contributed by atoms with Crippen LogP contribution in [0.5, 0.6) is 0 Å². The number of unbranched alkanes of at least 4 members (excludes halogenated alkanes) is 3. The Morgan fingerprint density at radius 3 is 2.38 bits per heavy atom. The van der Waals surface area contributed by atoms with Gasteiger partial charge in [-0.15, -0.1) is 0 Å². The molecule has 6 N–H and O–H groups in total. The lowest BCUT2D eigenvalue weighted by Gasteiger charge is -2.24. The Balaban J connectivity index is 0.000000273. The summed E-state index contributed by atoms with van der Waals surface area (Å²) in [6.45, 7) is 6.13. The van der Waals surface area contributed by atoms with Gasteiger partial charge in [0.2, 0.25) is 0 Å². The second kappa shape index (κ2) is 13.4. The van der Waals surface area contributed by atoms with Crippen LogP contribution in [0.25, 0.3) is 10.9 Å². The maximum absolute atomic E-state index is 11.5. The highest BCUT2D eigenvalue weighted by molar-refractivity contribution is 7.11. The number of nitrogen functional groups attached to an aromatic ring is 3. The zero-order valence-electron chi connectivity index (χ0n) is 19.0. The van der Waals surface area contributed by atoms with Gasteiger partial charge >= 0.3 is 5.97 Å². The molecule has 0 atom stereocenters. The number of hydrogen-bond donors (Lipinski definition) is 3. The summed E-state index contributed by atoms with van der Waals surface area (Å²) < 4.78 is 9.13. The van der Waals surface area contributed by atoms with Crippen molar-refractivity contribution in [1.29, 1.82) is 0 Å². The van der Waals surface area contributed by atoms with E-state index in [2.05, 4.69) is 16.2 Å². The number of ether oxygens (including phenoxy) is 1. The third-order valence-electron chi connectivity index (χ3n) is 4.96. The molecular formula is C24H35N5O2S. The lowest BCUT2D eigenvalue weighted by atomic mass is 10.2. The highest BCUT2D eigenvalue weighted by atomic mass is 32.1. The van der Waals surface area contributed by atoms with E-state index in [0.717, 1.165) is 45.9 Å². The molecular weight excluding hydrogens is 422 g/mol. The average molecular weight is 458 g/mol. The molecule has 8 heteroatoms. The molecule has 0 aliphatic heterocycles. The van der Waals surface area contributed by atoms with E-state index in [1.807, 2.05) is 49.4 Å². The van der Waals surface area contributed by atoms with Gasteiger partial charge < -0.3 is 26.8 Å². The monoisotopic (exact) mass is 457 g/mol. The van der Waals surface area contributed by atoms with Crippen molar-refractivity contribution in [2.75, 3.05) is 41.8 Å². The van der Waals surface area contributed by atoms with E-state index >= 15 is 0 Å². The highest BCUT2D eigenvalue weighted by Gasteiger charge is 2.10. The van der Waals surface area contributed by atoms with E-state index < -0.39 is 0 Å². The molecule has 0 saturated heterocycles. The van der Waals surface area contributed by atoms with Gasteiger partial charge in [0.05, 0.1) is 18.5 Å². The number of aromatic nitrogens is 1. The minimum atomic E-state index is -0.133. The molecule has 2 aromatic carbocycles. The summed E-state index contributed by atoms with van der Waals surface area (Å²) in [6.07, 6.45) is 5.27. The first kappa shape index (κ1) is 25.3. The van der Waals surface area contributed by atoms with Gasteiger partial charge in [-0.05, 0) is 67.3 Å². The summed E-state index contributed by atoms with van der Waals surface area (Å²) >= 11 is 1.30. The van der Waals surface area contributed by atoms with E-state index in [0.29, 0.717) is 19.6 Å². The van der Waals surface area contributed by atoms with Crippen LogP contribution >= 0.6 is 11.5 Å². The molecule has 1 heterocycles. The molecule has 7 nitrogen and oxygen atoms in total. The van der Waals surface area contributed by atoms with Crippen LogP contribution < -0.4 is 22.1 Å². The quantitative estimate of drug-likeness (QED) is 0.221. The van der Waals surface area contributed by atoms with Crippen LogP contribution in [-0.2, 0) is 9.53 Å². The summed E-state index contributed by atoms with van der Waals surface area (Å²) in [5.41, 5.74) is 20.5. The number of nitrogens with two attached hydrogens (primary N) is 3. The molecule has 0 amide bonds. The first-order chi connectivity index (χ1) is 15.4. The molecule has 32 heavy (non-hydrogen) atoms. The van der Waals surface area contributed by atoms with Crippen LogP contribution in [0.1, 0.15) is 46.0 Å². The van der Waals surface area contributed by atoms with E-state index in [1.54, 1.807) is 0 Å². The molecule has 3 rings (SSSR count). The number of esters is 1. The van der Waals surface area contributed by atoms with Crippen LogP contribution in [0.15, 0.2) is 42.5 Å². The Morgan fingerprint density at radius 1 is 0.969 bits per heavy atom. The number of benzene rings is 2. The minimum Gasteiger partial charge on any atom is -0.466 e. The van der Waals surface area contributed by atoms with Gasteiger partial charge in [0.15, 0.2) is 0 Å². The van der Waals surface area contributed by atoms with E-state index in [9.17, 15) is 4.79 Å². The third kappa shape index (κ3) is 8.26. The molecule has 0 aliphatic carbocycles. The summed E-state index contributed by atoms with van der Waals surface area (Å²) in [4.78, 5) is 13.8. The van der Waals surface area contributed by atoms with Crippen molar-refractivity contribution >= 4 is 50.5 Å². The second-order valence-electron chi connectivity index (χ2n) is 7.52. The molecule has 0 bridgehead atoms. The number of rotatable bonds is 10. The van der Waals surface area contributed by atoms with Gasteiger partial charge in [0.25, 0.3) is 0 Å². The zero-order chi connectivity index (χ0) is 23.3. The summed E-state index contributed by atoms with van der Waals surface area (Å²) in [5, 5.41) is 1.68. The van der Waals surface area contributed by atoms with Crippen molar-refractivity contribution in [3.05, 3.63) is 42.5 Å². The Bertz CT molecular complexity index is 959. The minimum absolute atomic E-state index is 0.133. The average Bonchev–Trinajstić information content (AvgIpc) is 3.15. The van der Waals surface area contributed by atoms with Gasteiger partial charge in [-0.1, -0.05) is 26.2 Å². The van der Waals surface area contributed by atoms with Crippen molar-refractivity contribution < 1.29 is 9.53 Å². The van der Waals surface area contributed by atoms with Crippen molar-refractivity contribution in [3.63, 3.8) is 0 Å². The Hall–Kier alpha value is -3.00. The first-order valence-electron chi connectivity index (χ1n) is 11.1. The number of fused-ring (bicyclic) bond motifs is 1. The molecule has 0 saturated carbocycles. The van der Waals surface area contributed by atoms with Gasteiger partial charge in [-0.2, -0.15) is 4.37 Å². The van der Waals surface area contributed by atoms with Crippen LogP contribution in [-0.4, -0.2) is 30.0 Å². The van der Waals surface area contributed by atoms with E-state index in [1.165, 1.54) is 30.8 Å². The van der Waals surface area contributed by atoms with Crippen molar-refractivity contribution in [2.24, 2.45) is 0 Å². The maximum atomic E-state index is 11.5. The largest absolute Gasteiger partial charge is 0.466 e. The number of carbonyl (C=O) groups is 1. The molecule has 0 aliphatic rings. The van der Waals surface area contributed by atoms with Crippen molar-refractivity contribution in [2.45, 2.75) is 46.0 Å². The lowest BCUT2D eigenvalue weighted by Crippen LogP contribution is -2.27. The Kier molecular flexibility index (Phi) is 10.6. The Labute approximate surface area is 194 Å². The fourth-order valence-electron chi connectivity index (χ4n) is 3.22. The number of hydrogen-bond acceptors (Lipinski definition) is 8. The predicted octanol–water partition coefficient (Wildman–Crippen LogP) is 5.07. The van der Waals surface area contributed by atoms with Crippen LogP contribution in [0.4, 0.5) is 22.1 Å². The summed E-state index contributed by atoms with van der Waals surface area (Å²) in [5.74, 6) is -0.133. The fourth-order valence-corrected chi connectivity index (χ4v) is 3.84. The first-order valence-corrected chi connectivity index (χ1v) is 11.9. The molecule has 0 spiro atoms. The smallest absolute Gasteiger partial charge is 0.307 e. The van der Waals surface area contributed by atoms with E-state index in [-0.39, 0.29) is 5.97 Å². The molecule has 1 aromatic heterocycles. The van der Waals surface area contributed by atoms with Crippen LogP contribution in [0, 0.1) is 0 Å². The van der Waals surface area contributed by atoms with Crippen molar-refractivity contribution in [1.82, 2.24) is 4.37 Å². The summed E-state index contributed by atoms with van der Waals surface area (Å²) in [6, 6.07) is 13.4. The highest BCUT2D eigenvalue weighted by Crippen LogP contribution is 2.26. The third-order valence-corrected chi connectivity index (χ3v) is 5.66. The maximum Gasteiger partial charge on any atom is 0.307 e. The van der Waals surface area contributed by atoms with Crippen molar-refractivity contribution in [3.8, 4) is 0 Å². The lowest BCUT2D eigenvalue weighted by molar-refractivity contribution is -0.142. The topological polar surface area (TPSA) is 120 Å².